The summed E-state index contributed by atoms with van der Waals surface area (Å²) in [4.78, 5) is 68.1. The number of esters is 2. The summed E-state index contributed by atoms with van der Waals surface area (Å²) in [7, 11) is -6.96. The molecule has 0 aliphatic carbocycles. The maximum atomic E-state index is 15.0. The van der Waals surface area contributed by atoms with Crippen LogP contribution < -0.4 is 25.2 Å². The van der Waals surface area contributed by atoms with E-state index in [0.717, 1.165) is 38.9 Å². The molecule has 82 heavy (non-hydrogen) atoms. The fourth-order valence-corrected chi connectivity index (χ4v) is 17.2. The molecule has 3 fully saturated rings. The second kappa shape index (κ2) is 22.1. The van der Waals surface area contributed by atoms with Crippen molar-refractivity contribution in [2.75, 3.05) is 55.1 Å². The fraction of sp³-hybridized carbons (Fsp3) is 0.350. The van der Waals surface area contributed by atoms with Gasteiger partial charge in [-0.15, -0.1) is 11.3 Å². The van der Waals surface area contributed by atoms with Crippen molar-refractivity contribution in [1.29, 1.82) is 0 Å². The van der Waals surface area contributed by atoms with Crippen LogP contribution in [-0.4, -0.2) is 112 Å². The summed E-state index contributed by atoms with van der Waals surface area (Å²) < 4.78 is 77.8. The monoisotopic (exact) mass is 1190 g/mol. The highest BCUT2D eigenvalue weighted by Crippen LogP contribution is 2.48. The summed E-state index contributed by atoms with van der Waals surface area (Å²) in [5.74, 6) is -2.23. The van der Waals surface area contributed by atoms with Gasteiger partial charge in [-0.2, -0.15) is 4.31 Å². The third-order valence-corrected chi connectivity index (χ3v) is 21.5. The van der Waals surface area contributed by atoms with Gasteiger partial charge in [0.1, 0.15) is 16.9 Å². The van der Waals surface area contributed by atoms with E-state index in [1.165, 1.54) is 16.0 Å². The summed E-state index contributed by atoms with van der Waals surface area (Å²) >= 11 is 7.88. The summed E-state index contributed by atoms with van der Waals surface area (Å²) in [5, 5.41) is 8.44. The minimum atomic E-state index is -4.23. The Kier molecular flexibility index (Phi) is 15.3. The van der Waals surface area contributed by atoms with Gasteiger partial charge in [0.05, 0.1) is 40.4 Å². The number of amides is 3. The summed E-state index contributed by atoms with van der Waals surface area (Å²) in [6.45, 7) is 8.27. The van der Waals surface area contributed by atoms with Crippen LogP contribution in [0, 0.1) is 6.92 Å². The van der Waals surface area contributed by atoms with Crippen molar-refractivity contribution >= 4 is 112 Å². The zero-order valence-electron chi connectivity index (χ0n) is 45.8. The minimum absolute atomic E-state index is 0.0196. The largest absolute Gasteiger partial charge is 0.479 e. The first-order chi connectivity index (χ1) is 39.2. The van der Waals surface area contributed by atoms with Crippen molar-refractivity contribution in [2.45, 2.75) is 100 Å². The second-order valence-corrected chi connectivity index (χ2v) is 26.9. The van der Waals surface area contributed by atoms with Crippen LogP contribution in [-0.2, 0) is 49.7 Å². The third kappa shape index (κ3) is 10.5. The highest BCUT2D eigenvalue weighted by atomic mass is 35.5. The zero-order chi connectivity index (χ0) is 58.0. The lowest BCUT2D eigenvalue weighted by Gasteiger charge is -2.45. The number of hydrogen-bond acceptors (Lipinski definition) is 15. The number of halogens is 1. The molecule has 0 saturated carbocycles. The third-order valence-electron chi connectivity index (χ3n) is 16.0. The van der Waals surface area contributed by atoms with Gasteiger partial charge in [-0.1, -0.05) is 71.8 Å². The SMILES string of the molecule is CCOC(=O)COc1c(C(=O)OC)sc(-c2cccc(NC3CCN(S(=O)(=O)Cc4ccc5cc(N6CCC(c7ccc8c9c(cccc79)C(=O)N8C7CCC(=O)NC7=O)CC6)n(S(=O)(=O)c6ccc(C)cc6)c5c4)C(C)(C)C3)c2)c1Cl. The number of thiophene rings is 1. The Morgan fingerprint density at radius 3 is 2.35 bits per heavy atom. The molecular formula is C60H61ClN6O12S3. The number of hydrogen-bond donors (Lipinski definition) is 2. The number of ether oxygens (including phenoxy) is 3. The van der Waals surface area contributed by atoms with E-state index in [0.29, 0.717) is 82.7 Å². The summed E-state index contributed by atoms with van der Waals surface area (Å²) in [6.07, 6.45) is 2.64. The first kappa shape index (κ1) is 56.6. The van der Waals surface area contributed by atoms with Crippen LogP contribution in [0.4, 0.5) is 17.2 Å². The molecule has 4 aliphatic rings. The Labute approximate surface area is 484 Å². The maximum Gasteiger partial charge on any atom is 0.351 e. The number of anilines is 3. The van der Waals surface area contributed by atoms with Crippen molar-refractivity contribution in [3.63, 3.8) is 0 Å². The molecule has 22 heteroatoms. The average Bonchev–Trinajstić information content (AvgIpc) is 2.64. The molecule has 5 aromatic carbocycles. The number of methoxy groups -OCH3 is 1. The lowest BCUT2D eigenvalue weighted by atomic mass is 9.85. The van der Waals surface area contributed by atoms with Crippen LogP contribution in [0.5, 0.6) is 5.75 Å². The lowest BCUT2D eigenvalue weighted by molar-refractivity contribution is -0.145. The van der Waals surface area contributed by atoms with Gasteiger partial charge in [0, 0.05) is 59.7 Å². The number of fused-ring (bicyclic) bond motifs is 1. The predicted octanol–water partition coefficient (Wildman–Crippen LogP) is 9.78. The molecule has 4 aliphatic heterocycles. The Hall–Kier alpha value is -7.30. The van der Waals surface area contributed by atoms with Crippen LogP contribution in [0.25, 0.3) is 32.1 Å². The lowest BCUT2D eigenvalue weighted by Crippen LogP contribution is -2.55. The number of aromatic nitrogens is 1. The van der Waals surface area contributed by atoms with Gasteiger partial charge in [0.25, 0.3) is 15.9 Å². The van der Waals surface area contributed by atoms with Crippen molar-refractivity contribution in [3.05, 3.63) is 135 Å². The van der Waals surface area contributed by atoms with E-state index in [1.807, 2.05) is 75.4 Å². The number of rotatable bonds is 16. The molecular weight excluding hydrogens is 1130 g/mol. The zero-order valence-corrected chi connectivity index (χ0v) is 49.0. The number of carbonyl (C=O) groups excluding carboxylic acids is 5. The molecule has 7 aromatic rings. The van der Waals surface area contributed by atoms with E-state index in [4.69, 9.17) is 25.8 Å². The Balaban J connectivity index is 0.818. The standard InChI is InChI=1S/C60H61ClN6O12S3/c1-6-78-51(69)33-79-54-53(61)55(80-56(54)59(72)77-5)39-9-7-10-40(30-39)62-41-25-28-65(60(3,4)32-41)81(73,74)34-36-15-16-38-31-50(67(48(38)29-36)82(75,76)42-17-13-35(2)14-18-42)64-26-23-37(24-27-64)43-19-20-46-52-44(43)11-8-12-45(52)58(71)66(46)47-21-22-49(68)63-57(47)70/h7-20,29-31,37,41,47,62H,6,21-28,32-34H2,1-5H3,(H,63,68,70). The number of nitrogens with zero attached hydrogens (tertiary/aromatic N) is 4. The molecule has 2 unspecified atom stereocenters. The molecule has 18 nitrogen and oxygen atoms in total. The molecule has 0 spiro atoms. The van der Waals surface area contributed by atoms with Crippen LogP contribution in [0.2, 0.25) is 5.02 Å². The Morgan fingerprint density at radius 2 is 1.63 bits per heavy atom. The van der Waals surface area contributed by atoms with Crippen LogP contribution in [0.3, 0.4) is 0 Å². The van der Waals surface area contributed by atoms with Crippen LogP contribution in [0.15, 0.2) is 108 Å². The highest BCUT2D eigenvalue weighted by molar-refractivity contribution is 7.90. The molecule has 428 valence electrons. The van der Waals surface area contributed by atoms with E-state index in [2.05, 4.69) is 15.5 Å². The highest BCUT2D eigenvalue weighted by Gasteiger charge is 2.43. The molecule has 0 radical (unpaired) electrons. The summed E-state index contributed by atoms with van der Waals surface area (Å²) in [6, 6.07) is 29.8. The molecule has 11 rings (SSSR count). The first-order valence-electron chi connectivity index (χ1n) is 27.2. The number of piperidine rings is 3. The number of nitrogens with one attached hydrogen (secondary N) is 2. The topological polar surface area (TPSA) is 220 Å². The first-order valence-corrected chi connectivity index (χ1v) is 31.4. The minimum Gasteiger partial charge on any atom is -0.479 e. The fourth-order valence-electron chi connectivity index (χ4n) is 12.2. The predicted molar refractivity (Wildman–Crippen MR) is 315 cm³/mol. The van der Waals surface area contributed by atoms with E-state index >= 15 is 0 Å². The molecule has 2 aromatic heterocycles. The van der Waals surface area contributed by atoms with E-state index < -0.39 is 56.1 Å². The normalized spacial score (nSPS) is 18.7. The molecule has 0 bridgehead atoms. The smallest absolute Gasteiger partial charge is 0.351 e. The van der Waals surface area contributed by atoms with E-state index in [-0.39, 0.29) is 76.1 Å². The van der Waals surface area contributed by atoms with Gasteiger partial charge in [-0.25, -0.2) is 30.4 Å². The number of benzene rings is 5. The number of aryl methyl sites for hydroxylation is 1. The quantitative estimate of drug-likeness (QED) is 0.0680. The molecule has 6 heterocycles. The second-order valence-electron chi connectivity index (χ2n) is 21.8. The van der Waals surface area contributed by atoms with Gasteiger partial charge in [0.2, 0.25) is 21.8 Å². The number of sulfonamides is 1. The molecule has 2 N–H and O–H groups in total. The van der Waals surface area contributed by atoms with Crippen molar-refractivity contribution in [3.8, 4) is 16.2 Å². The molecule has 3 saturated heterocycles. The van der Waals surface area contributed by atoms with Gasteiger partial charge in [-0.3, -0.25) is 24.6 Å². The molecule has 3 amide bonds. The van der Waals surface area contributed by atoms with Crippen molar-refractivity contribution in [2.24, 2.45) is 0 Å². The van der Waals surface area contributed by atoms with E-state index in [9.17, 15) is 40.8 Å². The average molecular weight is 1190 g/mol. The van der Waals surface area contributed by atoms with Crippen molar-refractivity contribution < 1.29 is 55.0 Å². The Morgan fingerprint density at radius 1 is 0.878 bits per heavy atom. The maximum absolute atomic E-state index is 15.0. The van der Waals surface area contributed by atoms with Gasteiger partial charge < -0.3 is 24.4 Å². The summed E-state index contributed by atoms with van der Waals surface area (Å²) in [5.41, 5.74) is 4.48. The van der Waals surface area contributed by atoms with Crippen molar-refractivity contribution in [1.82, 2.24) is 13.6 Å². The van der Waals surface area contributed by atoms with Gasteiger partial charge in [0.15, 0.2) is 17.2 Å². The number of carbonyl (C=O) groups is 5. The van der Waals surface area contributed by atoms with Crippen LogP contribution in [0.1, 0.15) is 102 Å². The molecule has 2 atom stereocenters. The van der Waals surface area contributed by atoms with Crippen LogP contribution >= 0.6 is 22.9 Å². The van der Waals surface area contributed by atoms with Gasteiger partial charge >= 0.3 is 11.9 Å². The Bertz CT molecular complexity index is 3980. The van der Waals surface area contributed by atoms with Gasteiger partial charge in [-0.05, 0) is 136 Å². The van der Waals surface area contributed by atoms with E-state index in [1.54, 1.807) is 59.8 Å². The number of imide groups is 1.